The zero-order chi connectivity index (χ0) is 21.2. The maximum Gasteiger partial charge on any atom is 0.243 e. The Labute approximate surface area is 179 Å². The number of rotatable bonds is 10. The second kappa shape index (κ2) is 11.7. The number of hydrogen-bond donors (Lipinski definition) is 1. The lowest BCUT2D eigenvalue weighted by Gasteiger charge is -2.31. The summed E-state index contributed by atoms with van der Waals surface area (Å²) in [5, 5.41) is 2.96. The highest BCUT2D eigenvalue weighted by Gasteiger charge is 2.28. The third-order valence-electron chi connectivity index (χ3n) is 4.59. The normalized spacial score (nSPS) is 11.9. The van der Waals surface area contributed by atoms with Gasteiger partial charge >= 0.3 is 0 Å². The van der Waals surface area contributed by atoms with Gasteiger partial charge in [-0.3, -0.25) is 9.59 Å². The van der Waals surface area contributed by atoms with Gasteiger partial charge in [-0.2, -0.15) is 0 Å². The Bertz CT molecular complexity index is 792. The second-order valence-corrected chi connectivity index (χ2v) is 8.56. The van der Waals surface area contributed by atoms with Crippen molar-refractivity contribution in [3.8, 4) is 0 Å². The fraction of sp³-hybridized carbons (Fsp3) is 0.417. The molecule has 2 aromatic carbocycles. The first-order valence-corrected chi connectivity index (χ1v) is 11.3. The quantitative estimate of drug-likeness (QED) is 0.622. The number of nitrogens with zero attached hydrogens (tertiary/aromatic N) is 1. The molecule has 0 aliphatic rings. The van der Waals surface area contributed by atoms with Crippen molar-refractivity contribution in [2.24, 2.45) is 0 Å². The van der Waals surface area contributed by atoms with E-state index < -0.39 is 6.04 Å². The van der Waals surface area contributed by atoms with Crippen molar-refractivity contribution in [3.63, 3.8) is 0 Å². The predicted octanol–water partition coefficient (Wildman–Crippen LogP) is 4.56. The summed E-state index contributed by atoms with van der Waals surface area (Å²) < 4.78 is 0. The minimum Gasteiger partial charge on any atom is -0.352 e. The lowest BCUT2D eigenvalue weighted by Crippen LogP contribution is -2.50. The average Bonchev–Trinajstić information content (AvgIpc) is 2.68. The molecule has 0 bridgehead atoms. The molecule has 0 aliphatic carbocycles. The van der Waals surface area contributed by atoms with Gasteiger partial charge in [0.2, 0.25) is 11.8 Å². The topological polar surface area (TPSA) is 49.4 Å². The lowest BCUT2D eigenvalue weighted by molar-refractivity contribution is -0.139. The summed E-state index contributed by atoms with van der Waals surface area (Å²) in [6.07, 6.45) is 0.583. The highest BCUT2D eigenvalue weighted by atomic mass is 32.2. The van der Waals surface area contributed by atoms with Crippen LogP contribution in [0.5, 0.6) is 0 Å². The number of benzene rings is 2. The highest BCUT2D eigenvalue weighted by Crippen LogP contribution is 2.18. The molecule has 0 fully saturated rings. The van der Waals surface area contributed by atoms with Gasteiger partial charge < -0.3 is 10.2 Å². The molecule has 0 saturated heterocycles. The van der Waals surface area contributed by atoms with Crippen molar-refractivity contribution in [2.45, 2.75) is 58.5 Å². The summed E-state index contributed by atoms with van der Waals surface area (Å²) in [5.74, 6) is 1.04. The van der Waals surface area contributed by atoms with Crippen molar-refractivity contribution in [1.82, 2.24) is 10.2 Å². The highest BCUT2D eigenvalue weighted by molar-refractivity contribution is 7.99. The van der Waals surface area contributed by atoms with E-state index in [1.54, 1.807) is 16.7 Å². The Hall–Kier alpha value is -2.27. The number of carbonyl (C=O) groups excluding carboxylic acids is 2. The van der Waals surface area contributed by atoms with E-state index >= 15 is 0 Å². The van der Waals surface area contributed by atoms with Gasteiger partial charge in [0.15, 0.2) is 0 Å². The van der Waals surface area contributed by atoms with Gasteiger partial charge in [-0.1, -0.05) is 67.1 Å². The standard InChI is InChI=1S/C24H32N2O2S/c1-5-22(24(28)25-18(2)3)26(15-20-11-7-6-8-12-20)23(27)17-29-16-21-13-9-10-19(4)14-21/h6-14,18,22H,5,15-17H2,1-4H3,(H,25,28)/t22-/m0/s1. The molecule has 29 heavy (non-hydrogen) atoms. The van der Waals surface area contributed by atoms with E-state index in [9.17, 15) is 9.59 Å². The molecule has 0 unspecified atom stereocenters. The molecule has 1 atom stereocenters. The van der Waals surface area contributed by atoms with Crippen LogP contribution >= 0.6 is 11.8 Å². The molecule has 0 radical (unpaired) electrons. The summed E-state index contributed by atoms with van der Waals surface area (Å²) in [7, 11) is 0. The summed E-state index contributed by atoms with van der Waals surface area (Å²) >= 11 is 1.59. The first-order valence-electron chi connectivity index (χ1n) is 10.2. The molecule has 0 heterocycles. The predicted molar refractivity (Wildman–Crippen MR) is 122 cm³/mol. The summed E-state index contributed by atoms with van der Waals surface area (Å²) in [5.41, 5.74) is 3.46. The van der Waals surface area contributed by atoms with Crippen LogP contribution in [-0.2, 0) is 21.9 Å². The monoisotopic (exact) mass is 412 g/mol. The van der Waals surface area contributed by atoms with Crippen molar-refractivity contribution < 1.29 is 9.59 Å². The Balaban J connectivity index is 2.09. The van der Waals surface area contributed by atoms with Crippen molar-refractivity contribution >= 4 is 23.6 Å². The van der Waals surface area contributed by atoms with Crippen LogP contribution in [0.15, 0.2) is 54.6 Å². The molecule has 2 amide bonds. The van der Waals surface area contributed by atoms with E-state index in [4.69, 9.17) is 0 Å². The zero-order valence-electron chi connectivity index (χ0n) is 17.9. The Kier molecular flexibility index (Phi) is 9.26. The van der Waals surface area contributed by atoms with Crippen LogP contribution < -0.4 is 5.32 Å². The van der Waals surface area contributed by atoms with Gasteiger partial charge in [-0.25, -0.2) is 0 Å². The van der Waals surface area contributed by atoms with Gasteiger partial charge in [0.1, 0.15) is 6.04 Å². The SMILES string of the molecule is CC[C@@H](C(=O)NC(C)C)N(Cc1ccccc1)C(=O)CSCc1cccc(C)c1. The number of carbonyl (C=O) groups is 2. The Morgan fingerprint density at radius 2 is 1.72 bits per heavy atom. The zero-order valence-corrected chi connectivity index (χ0v) is 18.7. The number of aryl methyl sites for hydroxylation is 1. The molecule has 0 spiro atoms. The maximum absolute atomic E-state index is 13.1. The first kappa shape index (κ1) is 23.0. The third-order valence-corrected chi connectivity index (χ3v) is 5.58. The smallest absolute Gasteiger partial charge is 0.243 e. The van der Waals surface area contributed by atoms with Crippen molar-refractivity contribution in [3.05, 3.63) is 71.3 Å². The van der Waals surface area contributed by atoms with Crippen LogP contribution in [-0.4, -0.2) is 34.6 Å². The molecule has 1 N–H and O–H groups in total. The van der Waals surface area contributed by atoms with Crippen LogP contribution in [0, 0.1) is 6.92 Å². The van der Waals surface area contributed by atoms with Gasteiger partial charge in [-0.05, 0) is 38.3 Å². The van der Waals surface area contributed by atoms with Crippen molar-refractivity contribution in [1.29, 1.82) is 0 Å². The van der Waals surface area contributed by atoms with Crippen LogP contribution in [0.2, 0.25) is 0 Å². The Morgan fingerprint density at radius 1 is 1.03 bits per heavy atom. The lowest BCUT2D eigenvalue weighted by atomic mass is 10.1. The average molecular weight is 413 g/mol. The van der Waals surface area contributed by atoms with Gasteiger partial charge in [0, 0.05) is 18.3 Å². The first-order chi connectivity index (χ1) is 13.9. The molecule has 5 heteroatoms. The van der Waals surface area contributed by atoms with E-state index in [0.29, 0.717) is 18.7 Å². The van der Waals surface area contributed by atoms with E-state index in [1.165, 1.54) is 11.1 Å². The minimum atomic E-state index is -0.468. The van der Waals surface area contributed by atoms with E-state index in [1.807, 2.05) is 57.2 Å². The summed E-state index contributed by atoms with van der Waals surface area (Å²) in [4.78, 5) is 27.6. The summed E-state index contributed by atoms with van der Waals surface area (Å²) in [6, 6.07) is 17.8. The number of amides is 2. The molecular weight excluding hydrogens is 380 g/mol. The van der Waals surface area contributed by atoms with E-state index in [-0.39, 0.29) is 17.9 Å². The number of hydrogen-bond acceptors (Lipinski definition) is 3. The van der Waals surface area contributed by atoms with Crippen LogP contribution in [0.25, 0.3) is 0 Å². The maximum atomic E-state index is 13.1. The molecule has 4 nitrogen and oxygen atoms in total. The molecular formula is C24H32N2O2S. The van der Waals surface area contributed by atoms with E-state index in [0.717, 1.165) is 11.3 Å². The van der Waals surface area contributed by atoms with Crippen LogP contribution in [0.4, 0.5) is 0 Å². The Morgan fingerprint density at radius 3 is 2.34 bits per heavy atom. The van der Waals surface area contributed by atoms with Crippen molar-refractivity contribution in [2.75, 3.05) is 5.75 Å². The van der Waals surface area contributed by atoms with Gasteiger partial charge in [0.25, 0.3) is 0 Å². The van der Waals surface area contributed by atoms with Gasteiger partial charge in [0.05, 0.1) is 5.75 Å². The largest absolute Gasteiger partial charge is 0.352 e. The number of nitrogens with one attached hydrogen (secondary N) is 1. The minimum absolute atomic E-state index is 0.00253. The fourth-order valence-corrected chi connectivity index (χ4v) is 4.08. The summed E-state index contributed by atoms with van der Waals surface area (Å²) in [6.45, 7) is 8.34. The van der Waals surface area contributed by atoms with E-state index in [2.05, 4.69) is 30.4 Å². The third kappa shape index (κ3) is 7.58. The molecule has 0 aromatic heterocycles. The molecule has 2 rings (SSSR count). The van der Waals surface area contributed by atoms with Crippen LogP contribution in [0.1, 0.15) is 43.9 Å². The van der Waals surface area contributed by atoms with Crippen LogP contribution in [0.3, 0.4) is 0 Å². The molecule has 0 saturated carbocycles. The second-order valence-electron chi connectivity index (χ2n) is 7.58. The molecule has 0 aliphatic heterocycles. The molecule has 156 valence electrons. The molecule has 2 aromatic rings. The van der Waals surface area contributed by atoms with Gasteiger partial charge in [-0.15, -0.1) is 11.8 Å². The number of thioether (sulfide) groups is 1. The fourth-order valence-electron chi connectivity index (χ4n) is 3.22.